The molecule has 0 aliphatic carbocycles. The number of halogens is 1. The molecule has 0 bridgehead atoms. The quantitative estimate of drug-likeness (QED) is 0.815. The molecular weight excluding hydrogens is 290 g/mol. The van der Waals surface area contributed by atoms with Crippen LogP contribution in [0, 0.1) is 6.92 Å². The molecule has 0 aliphatic heterocycles. The molecule has 106 valence electrons. The molecule has 0 radical (unpaired) electrons. The number of rotatable bonds is 6. The number of hydrogen-bond acceptors (Lipinski definition) is 4. The van der Waals surface area contributed by atoms with Gasteiger partial charge in [-0.15, -0.1) is 0 Å². The minimum atomic E-state index is -3.63. The Hall–Kier alpha value is -1.11. The van der Waals surface area contributed by atoms with Gasteiger partial charge in [0, 0.05) is 11.6 Å². The Morgan fingerprint density at radius 3 is 2.68 bits per heavy atom. The number of nitrogens with one attached hydrogen (secondary N) is 1. The van der Waals surface area contributed by atoms with E-state index in [2.05, 4.69) is 4.72 Å². The third-order valence-electron chi connectivity index (χ3n) is 2.35. The summed E-state index contributed by atoms with van der Waals surface area (Å²) >= 11 is 5.77. The number of hydrogen-bond donors (Lipinski definition) is 1. The van der Waals surface area contributed by atoms with Crippen molar-refractivity contribution in [3.63, 3.8) is 0 Å². The molecule has 0 unspecified atom stereocenters. The van der Waals surface area contributed by atoms with Crippen LogP contribution in [-0.4, -0.2) is 27.5 Å². The lowest BCUT2D eigenvalue weighted by Gasteiger charge is -2.09. The van der Waals surface area contributed by atoms with Gasteiger partial charge < -0.3 is 4.74 Å². The molecule has 0 atom stereocenters. The van der Waals surface area contributed by atoms with Crippen molar-refractivity contribution in [3.05, 3.63) is 28.8 Å². The lowest BCUT2D eigenvalue weighted by molar-refractivity contribution is -0.142. The van der Waals surface area contributed by atoms with Gasteiger partial charge in [-0.3, -0.25) is 4.79 Å². The second-order valence-electron chi connectivity index (χ2n) is 3.86. The van der Waals surface area contributed by atoms with Gasteiger partial charge >= 0.3 is 5.97 Å². The maximum atomic E-state index is 12.0. The number of benzene rings is 1. The molecule has 5 nitrogen and oxygen atoms in total. The van der Waals surface area contributed by atoms with E-state index in [-0.39, 0.29) is 24.5 Å². The summed E-state index contributed by atoms with van der Waals surface area (Å²) in [5.74, 6) is -0.432. The Labute approximate surface area is 118 Å². The minimum Gasteiger partial charge on any atom is -0.466 e. The van der Waals surface area contributed by atoms with Gasteiger partial charge in [0.1, 0.15) is 0 Å². The summed E-state index contributed by atoms with van der Waals surface area (Å²) in [7, 11) is -3.63. The first-order valence-electron chi connectivity index (χ1n) is 5.78. The van der Waals surface area contributed by atoms with E-state index in [0.29, 0.717) is 10.6 Å². The van der Waals surface area contributed by atoms with E-state index in [4.69, 9.17) is 16.3 Å². The highest BCUT2D eigenvalue weighted by atomic mass is 35.5. The summed E-state index contributed by atoms with van der Waals surface area (Å²) in [6.07, 6.45) is -0.000290. The molecule has 1 aromatic rings. The van der Waals surface area contributed by atoms with Crippen LogP contribution in [0.15, 0.2) is 23.1 Å². The summed E-state index contributed by atoms with van der Waals surface area (Å²) < 4.78 is 31.1. The lowest BCUT2D eigenvalue weighted by Crippen LogP contribution is -2.27. The third-order valence-corrected chi connectivity index (χ3v) is 4.21. The molecular formula is C12H16ClNO4S. The van der Waals surface area contributed by atoms with Gasteiger partial charge in [-0.05, 0) is 37.6 Å². The molecule has 0 fully saturated rings. The Balaban J connectivity index is 2.68. The largest absolute Gasteiger partial charge is 0.466 e. The van der Waals surface area contributed by atoms with Gasteiger partial charge in [-0.25, -0.2) is 13.1 Å². The highest BCUT2D eigenvalue weighted by Crippen LogP contribution is 2.19. The molecule has 0 saturated heterocycles. The van der Waals surface area contributed by atoms with Crippen molar-refractivity contribution in [2.24, 2.45) is 0 Å². The zero-order valence-corrected chi connectivity index (χ0v) is 12.3. The zero-order chi connectivity index (χ0) is 14.5. The number of carbonyl (C=O) groups is 1. The monoisotopic (exact) mass is 305 g/mol. The normalized spacial score (nSPS) is 11.3. The average Bonchev–Trinajstić information content (AvgIpc) is 2.28. The number of sulfonamides is 1. The number of carbonyl (C=O) groups excluding carboxylic acids is 1. The van der Waals surface area contributed by atoms with Gasteiger partial charge in [0.25, 0.3) is 0 Å². The molecule has 19 heavy (non-hydrogen) atoms. The topological polar surface area (TPSA) is 72.5 Å². The van der Waals surface area contributed by atoms with Gasteiger partial charge in [0.05, 0.1) is 17.9 Å². The molecule has 1 aromatic carbocycles. The molecule has 0 heterocycles. The first kappa shape index (κ1) is 15.9. The van der Waals surface area contributed by atoms with Crippen LogP contribution < -0.4 is 4.72 Å². The second kappa shape index (κ2) is 6.88. The second-order valence-corrected chi connectivity index (χ2v) is 6.03. The predicted molar refractivity (Wildman–Crippen MR) is 72.6 cm³/mol. The molecule has 7 heteroatoms. The van der Waals surface area contributed by atoms with E-state index in [0.717, 1.165) is 0 Å². The van der Waals surface area contributed by atoms with Crippen LogP contribution >= 0.6 is 11.6 Å². The highest BCUT2D eigenvalue weighted by Gasteiger charge is 2.16. The van der Waals surface area contributed by atoms with Gasteiger partial charge in [-0.1, -0.05) is 11.6 Å². The van der Waals surface area contributed by atoms with Crippen LogP contribution in [0.5, 0.6) is 0 Å². The predicted octanol–water partition coefficient (Wildman–Crippen LogP) is 1.88. The average molecular weight is 306 g/mol. The Bertz CT molecular complexity index is 557. The van der Waals surface area contributed by atoms with Crippen molar-refractivity contribution >= 4 is 27.6 Å². The zero-order valence-electron chi connectivity index (χ0n) is 10.8. The van der Waals surface area contributed by atoms with Gasteiger partial charge in [0.2, 0.25) is 10.0 Å². The molecule has 0 aromatic heterocycles. The van der Waals surface area contributed by atoms with E-state index in [1.54, 1.807) is 19.9 Å². The van der Waals surface area contributed by atoms with E-state index >= 15 is 0 Å². The maximum absolute atomic E-state index is 12.0. The van der Waals surface area contributed by atoms with Crippen LogP contribution in [0.2, 0.25) is 5.02 Å². The molecule has 0 saturated carbocycles. The lowest BCUT2D eigenvalue weighted by atomic mass is 10.2. The Kier molecular flexibility index (Phi) is 5.78. The van der Waals surface area contributed by atoms with Gasteiger partial charge in [0.15, 0.2) is 0 Å². The van der Waals surface area contributed by atoms with Crippen LogP contribution in [0.1, 0.15) is 18.9 Å². The minimum absolute atomic E-state index is 0.000290. The summed E-state index contributed by atoms with van der Waals surface area (Å²) in [6, 6.07) is 4.51. The van der Waals surface area contributed by atoms with Crippen molar-refractivity contribution in [1.29, 1.82) is 0 Å². The van der Waals surface area contributed by atoms with Crippen molar-refractivity contribution in [1.82, 2.24) is 4.72 Å². The van der Waals surface area contributed by atoms with Crippen molar-refractivity contribution < 1.29 is 17.9 Å². The standard InChI is InChI=1S/C12H16ClNO4S/c1-3-18-12(15)6-7-14-19(16,17)11-5-4-10(13)8-9(11)2/h4-5,8,14H,3,6-7H2,1-2H3. The number of esters is 1. The fraction of sp³-hybridized carbons (Fsp3) is 0.417. The van der Waals surface area contributed by atoms with E-state index in [1.807, 2.05) is 0 Å². The Morgan fingerprint density at radius 2 is 2.11 bits per heavy atom. The van der Waals surface area contributed by atoms with E-state index < -0.39 is 16.0 Å². The maximum Gasteiger partial charge on any atom is 0.307 e. The molecule has 1 N–H and O–H groups in total. The fourth-order valence-corrected chi connectivity index (χ4v) is 3.00. The van der Waals surface area contributed by atoms with E-state index in [1.165, 1.54) is 12.1 Å². The smallest absolute Gasteiger partial charge is 0.307 e. The summed E-state index contributed by atoms with van der Waals surface area (Å²) in [5.41, 5.74) is 0.552. The first-order valence-corrected chi connectivity index (χ1v) is 7.64. The van der Waals surface area contributed by atoms with Crippen LogP contribution in [0.4, 0.5) is 0 Å². The fourth-order valence-electron chi connectivity index (χ4n) is 1.51. The summed E-state index contributed by atoms with van der Waals surface area (Å²) in [5, 5.41) is 0.475. The van der Waals surface area contributed by atoms with Crippen molar-refractivity contribution in [2.75, 3.05) is 13.2 Å². The summed E-state index contributed by atoms with van der Waals surface area (Å²) in [6.45, 7) is 3.63. The van der Waals surface area contributed by atoms with Crippen LogP contribution in [0.3, 0.4) is 0 Å². The molecule has 0 amide bonds. The first-order chi connectivity index (χ1) is 8.86. The molecule has 0 spiro atoms. The van der Waals surface area contributed by atoms with Crippen molar-refractivity contribution in [2.45, 2.75) is 25.2 Å². The molecule has 1 rings (SSSR count). The number of aryl methyl sites for hydroxylation is 1. The van der Waals surface area contributed by atoms with Crippen molar-refractivity contribution in [3.8, 4) is 0 Å². The van der Waals surface area contributed by atoms with Crippen LogP contribution in [-0.2, 0) is 19.6 Å². The van der Waals surface area contributed by atoms with Gasteiger partial charge in [-0.2, -0.15) is 0 Å². The number of ether oxygens (including phenoxy) is 1. The third kappa shape index (κ3) is 4.81. The highest BCUT2D eigenvalue weighted by molar-refractivity contribution is 7.89. The van der Waals surface area contributed by atoms with E-state index in [9.17, 15) is 13.2 Å². The van der Waals surface area contributed by atoms with Crippen LogP contribution in [0.25, 0.3) is 0 Å². The SMILES string of the molecule is CCOC(=O)CCNS(=O)(=O)c1ccc(Cl)cc1C. The summed E-state index contributed by atoms with van der Waals surface area (Å²) in [4.78, 5) is 11.3. The Morgan fingerprint density at radius 1 is 1.42 bits per heavy atom. The molecule has 0 aliphatic rings.